The van der Waals surface area contributed by atoms with Gasteiger partial charge < -0.3 is 0 Å². The van der Waals surface area contributed by atoms with Crippen molar-refractivity contribution in [3.05, 3.63) is 0 Å². The van der Waals surface area contributed by atoms with Gasteiger partial charge in [-0.25, -0.2) is 0 Å². The van der Waals surface area contributed by atoms with Gasteiger partial charge in [0.2, 0.25) is 0 Å². The van der Waals surface area contributed by atoms with E-state index in [0.717, 1.165) is 0 Å². The van der Waals surface area contributed by atoms with Gasteiger partial charge in [-0.1, -0.05) is 109 Å². The molecule has 0 aromatic carbocycles. The lowest BCUT2D eigenvalue weighted by molar-refractivity contribution is 0.563. The first-order valence-corrected chi connectivity index (χ1v) is 8.65. The molecule has 0 spiro atoms. The predicted molar refractivity (Wildman–Crippen MR) is 113 cm³/mol. The van der Waals surface area contributed by atoms with Crippen molar-refractivity contribution in [1.29, 1.82) is 0 Å². The van der Waals surface area contributed by atoms with Gasteiger partial charge in [0.25, 0.3) is 0 Å². The first kappa shape index (κ1) is 37.5. The Morgan fingerprint density at radius 1 is 0.429 bits per heavy atom. The fraction of sp³-hybridized carbons (Fsp3) is 1.00. The quantitative estimate of drug-likeness (QED) is 0.304. The third-order valence-corrected chi connectivity index (χ3v) is 4.26. The summed E-state index contributed by atoms with van der Waals surface area (Å²) < 4.78 is 0. The summed E-state index contributed by atoms with van der Waals surface area (Å²) in [6, 6.07) is 0. The van der Waals surface area contributed by atoms with Gasteiger partial charge in [-0.15, -0.1) is 0 Å². The summed E-state index contributed by atoms with van der Waals surface area (Å²) in [6.45, 7) is 4.56. The fourth-order valence-electron chi connectivity index (χ4n) is 1.94. The van der Waals surface area contributed by atoms with E-state index in [4.69, 9.17) is 0 Å². The van der Waals surface area contributed by atoms with Crippen molar-refractivity contribution >= 4 is 11.8 Å². The minimum Gasteiger partial charge on any atom is -0.162 e. The number of hydrogen-bond acceptors (Lipinski definition) is 1. The van der Waals surface area contributed by atoms with E-state index in [-0.39, 0.29) is 37.1 Å². The number of unbranched alkanes of at least 4 members (excludes halogenated alkanes) is 9. The van der Waals surface area contributed by atoms with Crippen LogP contribution in [0.1, 0.15) is 122 Å². The van der Waals surface area contributed by atoms with Crippen LogP contribution in [-0.2, 0) is 0 Å². The van der Waals surface area contributed by atoms with E-state index in [1.807, 2.05) is 0 Å². The minimum atomic E-state index is 0. The highest BCUT2D eigenvalue weighted by Crippen LogP contribution is 2.12. The maximum atomic E-state index is 2.29. The van der Waals surface area contributed by atoms with Gasteiger partial charge in [-0.05, 0) is 24.3 Å². The van der Waals surface area contributed by atoms with Gasteiger partial charge in [0.1, 0.15) is 0 Å². The number of hydrogen-bond donors (Lipinski definition) is 0. The van der Waals surface area contributed by atoms with E-state index in [1.165, 1.54) is 82.1 Å². The highest BCUT2D eigenvalue weighted by Gasteiger charge is 1.92. The molecular weight excluding hydrogens is 272 g/mol. The van der Waals surface area contributed by atoms with Crippen LogP contribution in [0.2, 0.25) is 0 Å². The van der Waals surface area contributed by atoms with Gasteiger partial charge in [-0.2, -0.15) is 11.8 Å². The molecular formula is C20H52S. The van der Waals surface area contributed by atoms with E-state index in [1.54, 1.807) is 0 Å². The largest absolute Gasteiger partial charge is 0.162 e. The molecule has 0 amide bonds. The van der Waals surface area contributed by atoms with Gasteiger partial charge in [-0.3, -0.25) is 0 Å². The zero-order chi connectivity index (χ0) is 11.9. The summed E-state index contributed by atoms with van der Waals surface area (Å²) in [6.07, 6.45) is 15.9. The SMILES string of the molecule is C.C.C.C.C.CCCCCCCCCCCCSCCC. The molecule has 0 saturated carbocycles. The second kappa shape index (κ2) is 37.0. The Morgan fingerprint density at radius 3 is 1.19 bits per heavy atom. The molecule has 0 aromatic rings. The normalized spacial score (nSPS) is 8.29. The van der Waals surface area contributed by atoms with Crippen LogP contribution in [0.25, 0.3) is 0 Å². The molecule has 0 radical (unpaired) electrons. The molecule has 0 fully saturated rings. The van der Waals surface area contributed by atoms with Crippen LogP contribution in [0.4, 0.5) is 0 Å². The van der Waals surface area contributed by atoms with Crippen LogP contribution in [0, 0.1) is 0 Å². The van der Waals surface area contributed by atoms with Crippen LogP contribution in [0.15, 0.2) is 0 Å². The van der Waals surface area contributed by atoms with Gasteiger partial charge in [0.05, 0.1) is 0 Å². The summed E-state index contributed by atoms with van der Waals surface area (Å²) in [5.74, 6) is 2.75. The number of thioether (sulfide) groups is 1. The van der Waals surface area contributed by atoms with Crippen molar-refractivity contribution in [1.82, 2.24) is 0 Å². The molecule has 0 saturated heterocycles. The molecule has 0 unspecified atom stereocenters. The van der Waals surface area contributed by atoms with Crippen LogP contribution in [0.3, 0.4) is 0 Å². The summed E-state index contributed by atoms with van der Waals surface area (Å²) in [5.41, 5.74) is 0. The van der Waals surface area contributed by atoms with E-state index >= 15 is 0 Å². The molecule has 0 heterocycles. The molecule has 1 heteroatoms. The molecule has 0 aliphatic carbocycles. The summed E-state index contributed by atoms with van der Waals surface area (Å²) in [7, 11) is 0. The molecule has 0 aliphatic rings. The highest BCUT2D eigenvalue weighted by molar-refractivity contribution is 7.99. The Morgan fingerprint density at radius 2 is 0.810 bits per heavy atom. The van der Waals surface area contributed by atoms with Crippen molar-refractivity contribution in [3.63, 3.8) is 0 Å². The van der Waals surface area contributed by atoms with E-state index < -0.39 is 0 Å². The van der Waals surface area contributed by atoms with Crippen LogP contribution in [0.5, 0.6) is 0 Å². The Bertz CT molecular complexity index is 98.4. The van der Waals surface area contributed by atoms with Crippen LogP contribution in [-0.4, -0.2) is 11.5 Å². The maximum absolute atomic E-state index is 2.29. The molecule has 0 N–H and O–H groups in total. The average molecular weight is 325 g/mol. The second-order valence-corrected chi connectivity index (χ2v) is 6.02. The smallest absolute Gasteiger partial charge is 0.00675 e. The molecule has 0 bridgehead atoms. The van der Waals surface area contributed by atoms with Gasteiger partial charge >= 0.3 is 0 Å². The second-order valence-electron chi connectivity index (χ2n) is 4.79. The highest BCUT2D eigenvalue weighted by atomic mass is 32.2. The summed E-state index contributed by atoms with van der Waals surface area (Å²) in [4.78, 5) is 0. The van der Waals surface area contributed by atoms with Crippen molar-refractivity contribution in [2.45, 2.75) is 122 Å². The first-order chi connectivity index (χ1) is 7.91. The van der Waals surface area contributed by atoms with Crippen molar-refractivity contribution in [2.24, 2.45) is 0 Å². The lowest BCUT2D eigenvalue weighted by Crippen LogP contribution is -1.84. The van der Waals surface area contributed by atoms with Crippen LogP contribution < -0.4 is 0 Å². The van der Waals surface area contributed by atoms with Crippen molar-refractivity contribution in [3.8, 4) is 0 Å². The first-order valence-electron chi connectivity index (χ1n) is 7.49. The molecule has 0 rings (SSSR count). The standard InChI is InChI=1S/C15H32S.5CH4/c1-3-5-6-7-8-9-10-11-12-13-15-16-14-4-2;;;;;/h3-15H2,1-2H3;5*1H4. The molecule has 0 nitrogen and oxygen atoms in total. The Hall–Kier alpha value is 0.350. The third kappa shape index (κ3) is 38.4. The minimum absolute atomic E-state index is 0. The molecule has 21 heavy (non-hydrogen) atoms. The van der Waals surface area contributed by atoms with E-state index in [0.29, 0.717) is 0 Å². The van der Waals surface area contributed by atoms with Gasteiger partial charge in [0.15, 0.2) is 0 Å². The summed E-state index contributed by atoms with van der Waals surface area (Å²) in [5, 5.41) is 0. The predicted octanol–water partition coefficient (Wildman–Crippen LogP) is 9.23. The van der Waals surface area contributed by atoms with Crippen molar-refractivity contribution < 1.29 is 0 Å². The zero-order valence-electron chi connectivity index (χ0n) is 11.6. The van der Waals surface area contributed by atoms with Crippen molar-refractivity contribution in [2.75, 3.05) is 11.5 Å². The molecule has 138 valence electrons. The van der Waals surface area contributed by atoms with Crippen LogP contribution >= 0.6 is 11.8 Å². The Kier molecular flexibility index (Phi) is 66.1. The monoisotopic (exact) mass is 324 g/mol. The third-order valence-electron chi connectivity index (χ3n) is 2.99. The lowest BCUT2D eigenvalue weighted by Gasteiger charge is -2.02. The topological polar surface area (TPSA) is 0 Å². The average Bonchev–Trinajstić information content (AvgIpc) is 2.31. The van der Waals surface area contributed by atoms with Gasteiger partial charge in [0, 0.05) is 0 Å². The molecule has 0 aromatic heterocycles. The molecule has 0 aliphatic heterocycles. The van der Waals surface area contributed by atoms with E-state index in [9.17, 15) is 0 Å². The Labute approximate surface area is 145 Å². The molecule has 0 atom stereocenters. The Balaban J connectivity index is -0.000000112. The number of rotatable bonds is 13. The lowest BCUT2D eigenvalue weighted by atomic mass is 10.1. The fourth-order valence-corrected chi connectivity index (χ4v) is 2.84. The summed E-state index contributed by atoms with van der Waals surface area (Å²) >= 11 is 2.13. The zero-order valence-corrected chi connectivity index (χ0v) is 12.4. The van der Waals surface area contributed by atoms with E-state index in [2.05, 4.69) is 25.6 Å². The maximum Gasteiger partial charge on any atom is -0.00675 e.